The zero-order chi connectivity index (χ0) is 17.0. The highest BCUT2D eigenvalue weighted by molar-refractivity contribution is 5.91. The molecule has 2 N–H and O–H groups in total. The smallest absolute Gasteiger partial charge is 0.296 e. The summed E-state index contributed by atoms with van der Waals surface area (Å²) >= 11 is 0. The predicted molar refractivity (Wildman–Crippen MR) is 94.5 cm³/mol. The molecule has 1 heterocycles. The predicted octanol–water partition coefficient (Wildman–Crippen LogP) is 3.45. The van der Waals surface area contributed by atoms with Gasteiger partial charge in [0.1, 0.15) is 5.75 Å². The van der Waals surface area contributed by atoms with Crippen LogP contribution in [0.15, 0.2) is 21.7 Å². The lowest BCUT2D eigenvalue weighted by atomic mass is 9.91. The molecule has 0 fully saturated rings. The molecule has 0 aliphatic carbocycles. The van der Waals surface area contributed by atoms with Crippen molar-refractivity contribution >= 4 is 10.9 Å². The molecule has 0 aliphatic rings. The molecule has 124 valence electrons. The number of rotatable bonds is 6. The standard InChI is InChI=1S/C19H25NO3/c1-4-7-12-10-13(8-5-2)17-15(21)11-16(22)19(23)20-18(17)14(12)9-6-3/h10-11,21H,4-9H2,1-3H3,(H,20,22,23). The number of benzene rings is 1. The van der Waals surface area contributed by atoms with E-state index in [-0.39, 0.29) is 5.75 Å². The minimum Gasteiger partial charge on any atom is -0.507 e. The normalized spacial score (nSPS) is 11.1. The maximum atomic E-state index is 12.0. The van der Waals surface area contributed by atoms with Gasteiger partial charge in [0, 0.05) is 11.5 Å². The van der Waals surface area contributed by atoms with E-state index >= 15 is 0 Å². The van der Waals surface area contributed by atoms with Crippen LogP contribution >= 0.6 is 0 Å². The van der Waals surface area contributed by atoms with Crippen LogP contribution in [0.5, 0.6) is 5.75 Å². The second-order valence-electron chi connectivity index (χ2n) is 6.02. The molecule has 23 heavy (non-hydrogen) atoms. The first-order valence-corrected chi connectivity index (χ1v) is 8.47. The summed E-state index contributed by atoms with van der Waals surface area (Å²) in [7, 11) is 0. The van der Waals surface area contributed by atoms with E-state index < -0.39 is 11.0 Å². The number of aromatic hydroxyl groups is 1. The van der Waals surface area contributed by atoms with Crippen molar-refractivity contribution in [2.24, 2.45) is 0 Å². The van der Waals surface area contributed by atoms with Crippen LogP contribution in [0.3, 0.4) is 0 Å². The van der Waals surface area contributed by atoms with Crippen molar-refractivity contribution in [1.82, 2.24) is 4.98 Å². The molecular formula is C19H25NO3. The first-order valence-electron chi connectivity index (χ1n) is 8.47. The van der Waals surface area contributed by atoms with Crippen LogP contribution < -0.4 is 11.0 Å². The van der Waals surface area contributed by atoms with Crippen molar-refractivity contribution in [2.45, 2.75) is 59.3 Å². The van der Waals surface area contributed by atoms with Gasteiger partial charge in [-0.2, -0.15) is 0 Å². The topological polar surface area (TPSA) is 70.2 Å². The van der Waals surface area contributed by atoms with Crippen molar-refractivity contribution in [3.05, 3.63) is 49.4 Å². The van der Waals surface area contributed by atoms with E-state index in [9.17, 15) is 14.7 Å². The van der Waals surface area contributed by atoms with Gasteiger partial charge in [-0.05, 0) is 36.0 Å². The molecule has 4 heteroatoms. The van der Waals surface area contributed by atoms with E-state index in [2.05, 4.69) is 31.8 Å². The summed E-state index contributed by atoms with van der Waals surface area (Å²) in [5.74, 6) is -0.104. The molecule has 4 nitrogen and oxygen atoms in total. The first-order chi connectivity index (χ1) is 11.0. The average molecular weight is 315 g/mol. The zero-order valence-corrected chi connectivity index (χ0v) is 14.2. The molecule has 0 unspecified atom stereocenters. The summed E-state index contributed by atoms with van der Waals surface area (Å²) in [6.45, 7) is 6.29. The lowest BCUT2D eigenvalue weighted by Gasteiger charge is -2.15. The third kappa shape index (κ3) is 3.46. The Hall–Kier alpha value is -2.10. The van der Waals surface area contributed by atoms with Gasteiger partial charge >= 0.3 is 0 Å². The number of fused-ring (bicyclic) bond motifs is 1. The van der Waals surface area contributed by atoms with Gasteiger partial charge in [-0.25, -0.2) is 0 Å². The number of aromatic amines is 1. The summed E-state index contributed by atoms with van der Waals surface area (Å²) < 4.78 is 0. The SMILES string of the molecule is CCCc1cc(CCC)c2c(O)cc(=O)c(=O)[nH]c2c1CCC. The van der Waals surface area contributed by atoms with Gasteiger partial charge in [0.15, 0.2) is 0 Å². The van der Waals surface area contributed by atoms with Crippen LogP contribution in [-0.4, -0.2) is 10.1 Å². The number of hydrogen-bond donors (Lipinski definition) is 2. The van der Waals surface area contributed by atoms with Crippen LogP contribution in [0.25, 0.3) is 10.9 Å². The molecule has 0 saturated heterocycles. The van der Waals surface area contributed by atoms with Crippen LogP contribution in [0, 0.1) is 0 Å². The molecule has 1 aromatic heterocycles. The van der Waals surface area contributed by atoms with Gasteiger partial charge in [-0.3, -0.25) is 9.59 Å². The Balaban J connectivity index is 3.02. The van der Waals surface area contributed by atoms with Crippen LogP contribution in [0.2, 0.25) is 0 Å². The number of hydrogen-bond acceptors (Lipinski definition) is 3. The maximum Gasteiger partial charge on any atom is 0.296 e. The van der Waals surface area contributed by atoms with E-state index in [0.717, 1.165) is 55.7 Å². The van der Waals surface area contributed by atoms with Gasteiger partial charge in [0.25, 0.3) is 5.56 Å². The van der Waals surface area contributed by atoms with Crippen molar-refractivity contribution < 1.29 is 5.11 Å². The lowest BCUT2D eigenvalue weighted by Crippen LogP contribution is -2.22. The largest absolute Gasteiger partial charge is 0.507 e. The minimum atomic E-state index is -0.708. The summed E-state index contributed by atoms with van der Waals surface area (Å²) in [5, 5.41) is 11.0. The first kappa shape index (κ1) is 17.3. The van der Waals surface area contributed by atoms with Gasteiger partial charge in [-0.1, -0.05) is 46.1 Å². The van der Waals surface area contributed by atoms with E-state index in [1.807, 2.05) is 0 Å². The summed E-state index contributed by atoms with van der Waals surface area (Å²) in [5.41, 5.74) is 2.50. The van der Waals surface area contributed by atoms with Crippen LogP contribution in [0.4, 0.5) is 0 Å². The Bertz CT molecular complexity index is 821. The third-order valence-corrected chi connectivity index (χ3v) is 4.13. The Labute approximate surface area is 136 Å². The van der Waals surface area contributed by atoms with Crippen molar-refractivity contribution in [3.8, 4) is 5.75 Å². The third-order valence-electron chi connectivity index (χ3n) is 4.13. The van der Waals surface area contributed by atoms with Gasteiger partial charge < -0.3 is 10.1 Å². The molecule has 2 rings (SSSR count). The van der Waals surface area contributed by atoms with E-state index in [4.69, 9.17) is 0 Å². The second kappa shape index (κ2) is 7.44. The summed E-state index contributed by atoms with van der Waals surface area (Å²) in [6, 6.07) is 3.18. The molecule has 0 atom stereocenters. The summed E-state index contributed by atoms with van der Waals surface area (Å²) in [6.07, 6.45) is 5.41. The molecule has 1 aromatic carbocycles. The fourth-order valence-electron chi connectivity index (χ4n) is 3.20. The number of aryl methyl sites for hydroxylation is 3. The molecule has 0 radical (unpaired) electrons. The number of aromatic nitrogens is 1. The fraction of sp³-hybridized carbons (Fsp3) is 0.474. The lowest BCUT2D eigenvalue weighted by molar-refractivity contribution is 0.481. The molecule has 0 spiro atoms. The fourth-order valence-corrected chi connectivity index (χ4v) is 3.20. The van der Waals surface area contributed by atoms with Crippen LogP contribution in [0.1, 0.15) is 56.7 Å². The summed E-state index contributed by atoms with van der Waals surface area (Å²) in [4.78, 5) is 26.5. The Kier molecular flexibility index (Phi) is 5.59. The van der Waals surface area contributed by atoms with Crippen molar-refractivity contribution in [3.63, 3.8) is 0 Å². The van der Waals surface area contributed by atoms with Gasteiger partial charge in [0.2, 0.25) is 5.43 Å². The maximum absolute atomic E-state index is 12.0. The average Bonchev–Trinajstić information content (AvgIpc) is 2.61. The number of H-pyrrole nitrogens is 1. The molecular weight excluding hydrogens is 290 g/mol. The zero-order valence-electron chi connectivity index (χ0n) is 14.2. The highest BCUT2D eigenvalue weighted by Gasteiger charge is 2.15. The second-order valence-corrected chi connectivity index (χ2v) is 6.02. The van der Waals surface area contributed by atoms with Crippen molar-refractivity contribution in [1.29, 1.82) is 0 Å². The molecule has 0 amide bonds. The highest BCUT2D eigenvalue weighted by Crippen LogP contribution is 2.31. The Morgan fingerprint density at radius 2 is 1.52 bits per heavy atom. The van der Waals surface area contributed by atoms with E-state index in [1.54, 1.807) is 0 Å². The monoisotopic (exact) mass is 315 g/mol. The van der Waals surface area contributed by atoms with E-state index in [0.29, 0.717) is 10.9 Å². The van der Waals surface area contributed by atoms with Crippen LogP contribution in [-0.2, 0) is 19.3 Å². The van der Waals surface area contributed by atoms with Gasteiger partial charge in [-0.15, -0.1) is 0 Å². The van der Waals surface area contributed by atoms with Crippen molar-refractivity contribution in [2.75, 3.05) is 0 Å². The number of nitrogens with one attached hydrogen (secondary N) is 1. The van der Waals surface area contributed by atoms with Gasteiger partial charge in [0.05, 0.1) is 5.52 Å². The molecule has 0 saturated carbocycles. The Morgan fingerprint density at radius 1 is 0.913 bits per heavy atom. The van der Waals surface area contributed by atoms with E-state index in [1.165, 1.54) is 5.56 Å². The quantitative estimate of drug-likeness (QED) is 0.802. The molecule has 2 aromatic rings. The molecule has 0 bridgehead atoms. The molecule has 0 aliphatic heterocycles. The minimum absolute atomic E-state index is 0.104. The highest BCUT2D eigenvalue weighted by atomic mass is 16.3. The Morgan fingerprint density at radius 3 is 2.13 bits per heavy atom.